The van der Waals surface area contributed by atoms with Crippen molar-refractivity contribution in [2.45, 2.75) is 31.7 Å². The van der Waals surface area contributed by atoms with Crippen LogP contribution >= 0.6 is 0 Å². The van der Waals surface area contributed by atoms with Gasteiger partial charge < -0.3 is 15.3 Å². The molecule has 0 saturated heterocycles. The lowest BCUT2D eigenvalue weighted by atomic mass is 9.90. The zero-order valence-corrected chi connectivity index (χ0v) is 16.5. The van der Waals surface area contributed by atoms with Gasteiger partial charge >= 0.3 is 0 Å². The second kappa shape index (κ2) is 7.57. The van der Waals surface area contributed by atoms with Crippen molar-refractivity contribution in [3.05, 3.63) is 76.9 Å². The molecule has 0 spiro atoms. The van der Waals surface area contributed by atoms with Gasteiger partial charge in [-0.3, -0.25) is 4.79 Å². The molecule has 1 amide bonds. The molecule has 1 aliphatic carbocycles. The van der Waals surface area contributed by atoms with Crippen LogP contribution in [0.5, 0.6) is 5.75 Å². The molecule has 1 aliphatic rings. The molecule has 0 aliphatic heterocycles. The Labute approximate surface area is 161 Å². The number of phenolic OH excluding ortho intramolecular Hbond substituents is 1. The lowest BCUT2D eigenvalue weighted by molar-refractivity contribution is -0.117. The Balaban J connectivity index is 1.62. The van der Waals surface area contributed by atoms with Crippen molar-refractivity contribution in [3.8, 4) is 5.75 Å². The van der Waals surface area contributed by atoms with Gasteiger partial charge in [0, 0.05) is 23.6 Å². The summed E-state index contributed by atoms with van der Waals surface area (Å²) in [4.78, 5) is 14.9. The summed E-state index contributed by atoms with van der Waals surface area (Å²) in [5.74, 6) is 0.293. The summed E-state index contributed by atoms with van der Waals surface area (Å²) in [6, 6.07) is 17.6. The fourth-order valence-electron chi connectivity index (χ4n) is 3.70. The highest BCUT2D eigenvalue weighted by atomic mass is 16.3. The third-order valence-corrected chi connectivity index (χ3v) is 5.78. The highest BCUT2D eigenvalue weighted by molar-refractivity contribution is 6.04. The average Bonchev–Trinajstić information content (AvgIpc) is 3.22. The summed E-state index contributed by atoms with van der Waals surface area (Å²) in [7, 11) is 4.04. The number of likely N-dealkylation sites (N-methyl/N-ethyl adjacent to an activating group) is 1. The first-order valence-corrected chi connectivity index (χ1v) is 9.34. The van der Waals surface area contributed by atoms with Gasteiger partial charge in [-0.2, -0.15) is 0 Å². The molecule has 27 heavy (non-hydrogen) atoms. The van der Waals surface area contributed by atoms with Crippen molar-refractivity contribution < 1.29 is 9.90 Å². The van der Waals surface area contributed by atoms with E-state index in [0.29, 0.717) is 6.54 Å². The van der Waals surface area contributed by atoms with Gasteiger partial charge in [-0.15, -0.1) is 0 Å². The molecule has 2 atom stereocenters. The van der Waals surface area contributed by atoms with Crippen LogP contribution in [-0.4, -0.2) is 42.6 Å². The maximum Gasteiger partial charge on any atom is 0.248 e. The summed E-state index contributed by atoms with van der Waals surface area (Å²) < 4.78 is 0. The topological polar surface area (TPSA) is 52.6 Å². The number of amides is 1. The first-order chi connectivity index (χ1) is 12.8. The van der Waals surface area contributed by atoms with Crippen molar-refractivity contribution >= 4 is 5.91 Å². The fourth-order valence-corrected chi connectivity index (χ4v) is 3.70. The van der Waals surface area contributed by atoms with Crippen LogP contribution in [0.2, 0.25) is 0 Å². The molecule has 0 fully saturated rings. The number of aromatic hydroxyl groups is 1. The number of carbonyl (C=O) groups excluding carboxylic acids is 1. The van der Waals surface area contributed by atoms with E-state index in [9.17, 15) is 9.90 Å². The maximum absolute atomic E-state index is 12.8. The van der Waals surface area contributed by atoms with Crippen LogP contribution in [0.15, 0.2) is 65.7 Å². The lowest BCUT2D eigenvalue weighted by Gasteiger charge is -2.25. The van der Waals surface area contributed by atoms with Gasteiger partial charge in [0.05, 0.1) is 0 Å². The van der Waals surface area contributed by atoms with Gasteiger partial charge in [-0.25, -0.2) is 0 Å². The molecule has 2 aromatic carbocycles. The van der Waals surface area contributed by atoms with Crippen LogP contribution in [0.1, 0.15) is 25.0 Å². The van der Waals surface area contributed by atoms with Gasteiger partial charge in [-0.1, -0.05) is 42.5 Å². The van der Waals surface area contributed by atoms with Gasteiger partial charge in [-0.05, 0) is 63.2 Å². The molecular weight excluding hydrogens is 336 g/mol. The van der Waals surface area contributed by atoms with Gasteiger partial charge in [0.25, 0.3) is 0 Å². The summed E-state index contributed by atoms with van der Waals surface area (Å²) >= 11 is 0. The molecular formula is C23H28N2O2. The van der Waals surface area contributed by atoms with Crippen molar-refractivity contribution in [1.82, 2.24) is 10.2 Å². The van der Waals surface area contributed by atoms with E-state index in [1.165, 1.54) is 5.56 Å². The van der Waals surface area contributed by atoms with E-state index in [1.54, 1.807) is 12.1 Å². The van der Waals surface area contributed by atoms with E-state index in [4.69, 9.17) is 0 Å². The Bertz CT molecular complexity index is 840. The number of rotatable bonds is 7. The SMILES string of the molecule is CC1=C(C(=O)NC[C@H](Cc2ccc(O)cc2)N(C)C)[C@@]1(C)c1ccccc1. The molecule has 0 saturated carbocycles. The molecule has 142 valence electrons. The number of nitrogens with one attached hydrogen (secondary N) is 1. The van der Waals surface area contributed by atoms with Gasteiger partial charge in [0.15, 0.2) is 0 Å². The van der Waals surface area contributed by atoms with Crippen molar-refractivity contribution in [1.29, 1.82) is 0 Å². The van der Waals surface area contributed by atoms with Gasteiger partial charge in [0.1, 0.15) is 5.75 Å². The minimum Gasteiger partial charge on any atom is -0.508 e. The van der Waals surface area contributed by atoms with Crippen LogP contribution < -0.4 is 5.32 Å². The summed E-state index contributed by atoms with van der Waals surface area (Å²) in [6.45, 7) is 4.74. The van der Waals surface area contributed by atoms with Crippen LogP contribution in [0, 0.1) is 0 Å². The quantitative estimate of drug-likeness (QED) is 0.793. The normalized spacial score (nSPS) is 19.9. The van der Waals surface area contributed by atoms with Crippen molar-refractivity contribution in [2.75, 3.05) is 20.6 Å². The fraction of sp³-hybridized carbons (Fsp3) is 0.348. The first-order valence-electron chi connectivity index (χ1n) is 9.34. The monoisotopic (exact) mass is 364 g/mol. The molecule has 0 radical (unpaired) electrons. The van der Waals surface area contributed by atoms with Crippen LogP contribution in [-0.2, 0) is 16.6 Å². The first kappa shape index (κ1) is 19.2. The van der Waals surface area contributed by atoms with Crippen LogP contribution in [0.4, 0.5) is 0 Å². The molecule has 2 N–H and O–H groups in total. The number of benzene rings is 2. The van der Waals surface area contributed by atoms with E-state index in [0.717, 1.165) is 23.1 Å². The van der Waals surface area contributed by atoms with Crippen LogP contribution in [0.25, 0.3) is 0 Å². The number of phenols is 1. The number of hydrogen-bond donors (Lipinski definition) is 2. The Morgan fingerprint density at radius 2 is 1.74 bits per heavy atom. The highest BCUT2D eigenvalue weighted by Gasteiger charge is 2.51. The zero-order chi connectivity index (χ0) is 19.6. The largest absolute Gasteiger partial charge is 0.508 e. The third kappa shape index (κ3) is 3.91. The summed E-state index contributed by atoms with van der Waals surface area (Å²) in [5.41, 5.74) is 4.09. The molecule has 4 heteroatoms. The van der Waals surface area contributed by atoms with Crippen molar-refractivity contribution in [2.24, 2.45) is 0 Å². The minimum absolute atomic E-state index is 0.0245. The molecule has 2 aromatic rings. The Hall–Kier alpha value is -2.59. The predicted molar refractivity (Wildman–Crippen MR) is 109 cm³/mol. The summed E-state index contributed by atoms with van der Waals surface area (Å²) in [6.07, 6.45) is 0.807. The standard InChI is InChI=1S/C23H28N2O2/c1-16-21(23(16,2)18-8-6-5-7-9-18)22(27)24-15-19(25(3)4)14-17-10-12-20(26)13-11-17/h5-13,19,26H,14-15H2,1-4H3,(H,24,27)/t19-,23+/m0/s1. The Morgan fingerprint density at radius 3 is 2.33 bits per heavy atom. The minimum atomic E-state index is -0.240. The second-order valence-corrected chi connectivity index (χ2v) is 7.69. The molecule has 0 heterocycles. The number of hydrogen-bond acceptors (Lipinski definition) is 3. The van der Waals surface area contributed by atoms with Gasteiger partial charge in [0.2, 0.25) is 5.91 Å². The Morgan fingerprint density at radius 1 is 1.11 bits per heavy atom. The van der Waals surface area contributed by atoms with Crippen LogP contribution in [0.3, 0.4) is 0 Å². The molecule has 4 nitrogen and oxygen atoms in total. The molecule has 0 aromatic heterocycles. The lowest BCUT2D eigenvalue weighted by Crippen LogP contribution is -2.42. The smallest absolute Gasteiger partial charge is 0.248 e. The second-order valence-electron chi connectivity index (χ2n) is 7.69. The van der Waals surface area contributed by atoms with E-state index in [1.807, 2.05) is 51.4 Å². The average molecular weight is 364 g/mol. The van der Waals surface area contributed by atoms with E-state index in [-0.39, 0.29) is 23.1 Å². The zero-order valence-electron chi connectivity index (χ0n) is 16.5. The highest BCUT2D eigenvalue weighted by Crippen LogP contribution is 2.53. The summed E-state index contributed by atoms with van der Waals surface area (Å²) in [5, 5.41) is 12.6. The molecule has 0 bridgehead atoms. The van der Waals surface area contributed by atoms with Crippen molar-refractivity contribution in [3.63, 3.8) is 0 Å². The van der Waals surface area contributed by atoms with E-state index in [2.05, 4.69) is 29.3 Å². The number of carbonyl (C=O) groups is 1. The predicted octanol–water partition coefficient (Wildman–Crippen LogP) is 3.27. The number of nitrogens with zero attached hydrogens (tertiary/aromatic N) is 1. The van der Waals surface area contributed by atoms with E-state index < -0.39 is 0 Å². The Kier molecular flexibility index (Phi) is 5.38. The maximum atomic E-state index is 12.8. The molecule has 0 unspecified atom stereocenters. The third-order valence-electron chi connectivity index (χ3n) is 5.78. The van der Waals surface area contributed by atoms with E-state index >= 15 is 0 Å². The molecule has 3 rings (SSSR count). The number of allylic oxidation sites excluding steroid dienone is 1.